The molecule has 0 aliphatic carbocycles. The highest BCUT2D eigenvalue weighted by Crippen LogP contribution is 2.04. The Bertz CT molecular complexity index is 209. The van der Waals surface area contributed by atoms with E-state index >= 15 is 0 Å². The molecule has 1 aliphatic rings. The number of sulfone groups is 1. The molecule has 0 aromatic heterocycles. The van der Waals surface area contributed by atoms with Crippen LogP contribution in [0.3, 0.4) is 0 Å². The molecule has 3 nitrogen and oxygen atoms in total. The van der Waals surface area contributed by atoms with Gasteiger partial charge in [-0.2, -0.15) is 0 Å². The Labute approximate surface area is 64.6 Å². The molecule has 1 rings (SSSR count). The van der Waals surface area contributed by atoms with Crippen LogP contribution in [0.2, 0.25) is 0 Å². The van der Waals surface area contributed by atoms with Crippen LogP contribution >= 0.6 is 17.0 Å². The Morgan fingerprint density at radius 1 is 1.56 bits per heavy atom. The molecule has 9 heavy (non-hydrogen) atoms. The van der Waals surface area contributed by atoms with Crippen molar-refractivity contribution in [2.24, 2.45) is 5.73 Å². The third-order valence-electron chi connectivity index (χ3n) is 0.958. The fraction of sp³-hybridized carbons (Fsp3) is 0.500. The van der Waals surface area contributed by atoms with Gasteiger partial charge in [-0.3, -0.25) is 0 Å². The lowest BCUT2D eigenvalue weighted by Crippen LogP contribution is -2.20. The van der Waals surface area contributed by atoms with Crippen molar-refractivity contribution in [1.82, 2.24) is 0 Å². The van der Waals surface area contributed by atoms with E-state index in [0.29, 0.717) is 0 Å². The van der Waals surface area contributed by atoms with Crippen LogP contribution in [0.1, 0.15) is 0 Å². The molecule has 0 spiro atoms. The maximum Gasteiger partial charge on any atom is 0.173 e. The average molecular weight is 214 g/mol. The highest BCUT2D eigenvalue weighted by atomic mass is 79.9. The van der Waals surface area contributed by atoms with Crippen LogP contribution in [0, 0.1) is 0 Å². The van der Waals surface area contributed by atoms with Crippen LogP contribution in [0.25, 0.3) is 0 Å². The van der Waals surface area contributed by atoms with Gasteiger partial charge in [0.05, 0.1) is 5.75 Å². The lowest BCUT2D eigenvalue weighted by molar-refractivity contribution is 0.604. The summed E-state index contributed by atoms with van der Waals surface area (Å²) in [5, 5.41) is 1.16. The number of halogens is 1. The molecule has 0 fully saturated rings. The Balaban J connectivity index is 0.000000640. The minimum atomic E-state index is -2.90. The first kappa shape index (κ1) is 9.13. The van der Waals surface area contributed by atoms with Gasteiger partial charge in [-0.25, -0.2) is 8.42 Å². The normalized spacial score (nSPS) is 29.7. The van der Waals surface area contributed by atoms with Gasteiger partial charge in [0.2, 0.25) is 0 Å². The Morgan fingerprint density at radius 2 is 2.11 bits per heavy atom. The van der Waals surface area contributed by atoms with Gasteiger partial charge in [-0.1, -0.05) is 6.08 Å². The average Bonchev–Trinajstić information content (AvgIpc) is 1.82. The van der Waals surface area contributed by atoms with Gasteiger partial charge in [-0.15, -0.1) is 17.0 Å². The summed E-state index contributed by atoms with van der Waals surface area (Å²) in [5.41, 5.74) is 5.24. The molecule has 5 heteroatoms. The lowest BCUT2D eigenvalue weighted by Gasteiger charge is -1.91. The monoisotopic (exact) mass is 213 g/mol. The summed E-state index contributed by atoms with van der Waals surface area (Å²) >= 11 is 0. The van der Waals surface area contributed by atoms with E-state index in [1.807, 2.05) is 0 Å². The third kappa shape index (κ3) is 2.47. The maximum absolute atomic E-state index is 10.5. The second-order valence-corrected chi connectivity index (χ2v) is 3.75. The molecule has 54 valence electrons. The van der Waals surface area contributed by atoms with E-state index in [-0.39, 0.29) is 28.8 Å². The van der Waals surface area contributed by atoms with Crippen molar-refractivity contribution in [3.63, 3.8) is 0 Å². The van der Waals surface area contributed by atoms with Crippen molar-refractivity contribution < 1.29 is 8.42 Å². The molecule has 0 saturated heterocycles. The molecule has 1 atom stereocenters. The van der Waals surface area contributed by atoms with E-state index in [1.165, 1.54) is 6.08 Å². The summed E-state index contributed by atoms with van der Waals surface area (Å²) in [6, 6.07) is -0.278. The Hall–Kier alpha value is 0.130. The second-order valence-electron chi connectivity index (χ2n) is 1.82. The molecule has 0 aromatic carbocycles. The van der Waals surface area contributed by atoms with Crippen LogP contribution in [-0.2, 0) is 9.84 Å². The molecule has 0 amide bonds. The fourth-order valence-electron chi connectivity index (χ4n) is 0.600. The van der Waals surface area contributed by atoms with E-state index in [9.17, 15) is 8.42 Å². The summed E-state index contributed by atoms with van der Waals surface area (Å²) in [6.45, 7) is 0. The standard InChI is InChI=1S/C4H7NO2S.BrH/c5-4-1-2-8(6,7)3-4;/h1-2,4H,3,5H2;1H/t4-;/m1./s1. The maximum atomic E-state index is 10.5. The smallest absolute Gasteiger partial charge is 0.173 e. The van der Waals surface area contributed by atoms with Gasteiger partial charge in [0.1, 0.15) is 0 Å². The molecule has 0 unspecified atom stereocenters. The number of hydrogen-bond acceptors (Lipinski definition) is 3. The van der Waals surface area contributed by atoms with Crippen LogP contribution in [0.4, 0.5) is 0 Å². The minimum absolute atomic E-state index is 0. The molecule has 0 saturated carbocycles. The second kappa shape index (κ2) is 2.81. The van der Waals surface area contributed by atoms with Gasteiger partial charge in [0.15, 0.2) is 9.84 Å². The molecular weight excluding hydrogens is 206 g/mol. The SMILES string of the molecule is Br.N[C@@H]1C=CS(=O)(=O)C1. The van der Waals surface area contributed by atoms with Gasteiger partial charge in [0.25, 0.3) is 0 Å². The van der Waals surface area contributed by atoms with E-state index in [2.05, 4.69) is 0 Å². The Kier molecular flexibility index (Phi) is 2.85. The van der Waals surface area contributed by atoms with Gasteiger partial charge < -0.3 is 5.73 Å². The zero-order valence-corrected chi connectivity index (χ0v) is 7.18. The summed E-state index contributed by atoms with van der Waals surface area (Å²) in [5.74, 6) is 0.0764. The summed E-state index contributed by atoms with van der Waals surface area (Å²) < 4.78 is 20.9. The van der Waals surface area contributed by atoms with Crippen molar-refractivity contribution in [3.05, 3.63) is 11.5 Å². The number of nitrogens with two attached hydrogens (primary N) is 1. The molecule has 2 N–H and O–H groups in total. The van der Waals surface area contributed by atoms with Crippen molar-refractivity contribution in [3.8, 4) is 0 Å². The molecule has 0 aromatic rings. The molecule has 1 aliphatic heterocycles. The fourth-order valence-corrected chi connectivity index (χ4v) is 1.80. The molecule has 1 heterocycles. The predicted octanol–water partition coefficient (Wildman–Crippen LogP) is -0.166. The van der Waals surface area contributed by atoms with Crippen molar-refractivity contribution in [2.75, 3.05) is 5.75 Å². The van der Waals surface area contributed by atoms with E-state index in [0.717, 1.165) is 5.41 Å². The van der Waals surface area contributed by atoms with Crippen LogP contribution in [0.5, 0.6) is 0 Å². The quantitative estimate of drug-likeness (QED) is 0.609. The van der Waals surface area contributed by atoms with Crippen molar-refractivity contribution >= 4 is 26.8 Å². The number of hydrogen-bond donors (Lipinski definition) is 1. The first-order valence-electron chi connectivity index (χ1n) is 2.27. The van der Waals surface area contributed by atoms with Gasteiger partial charge in [-0.05, 0) is 0 Å². The van der Waals surface area contributed by atoms with Gasteiger partial charge >= 0.3 is 0 Å². The van der Waals surface area contributed by atoms with E-state index < -0.39 is 9.84 Å². The highest BCUT2D eigenvalue weighted by molar-refractivity contribution is 8.93. The zero-order valence-electron chi connectivity index (χ0n) is 4.65. The largest absolute Gasteiger partial charge is 0.324 e. The van der Waals surface area contributed by atoms with Crippen molar-refractivity contribution in [1.29, 1.82) is 0 Å². The van der Waals surface area contributed by atoms with Crippen LogP contribution in [0.15, 0.2) is 11.5 Å². The van der Waals surface area contributed by atoms with Gasteiger partial charge in [0, 0.05) is 11.4 Å². The van der Waals surface area contributed by atoms with E-state index in [4.69, 9.17) is 5.73 Å². The minimum Gasteiger partial charge on any atom is -0.324 e. The van der Waals surface area contributed by atoms with Crippen LogP contribution < -0.4 is 5.73 Å². The van der Waals surface area contributed by atoms with Crippen LogP contribution in [-0.4, -0.2) is 20.2 Å². The summed E-state index contributed by atoms with van der Waals surface area (Å²) in [7, 11) is -2.90. The zero-order chi connectivity index (χ0) is 6.20. The molecular formula is C4H8BrNO2S. The third-order valence-corrected chi connectivity index (χ3v) is 2.38. The molecule has 0 radical (unpaired) electrons. The highest BCUT2D eigenvalue weighted by Gasteiger charge is 2.16. The summed E-state index contributed by atoms with van der Waals surface area (Å²) in [4.78, 5) is 0. The first-order valence-corrected chi connectivity index (χ1v) is 3.98. The molecule has 0 bridgehead atoms. The Morgan fingerprint density at radius 3 is 2.22 bits per heavy atom. The van der Waals surface area contributed by atoms with E-state index in [1.54, 1.807) is 0 Å². The first-order chi connectivity index (χ1) is 3.60. The topological polar surface area (TPSA) is 60.2 Å². The lowest BCUT2D eigenvalue weighted by atomic mass is 10.4. The summed E-state index contributed by atoms with van der Waals surface area (Å²) in [6.07, 6.45) is 1.50. The van der Waals surface area contributed by atoms with Crippen molar-refractivity contribution in [2.45, 2.75) is 6.04 Å². The number of rotatable bonds is 0. The predicted molar refractivity (Wildman–Crippen MR) is 41.2 cm³/mol.